The Bertz CT molecular complexity index is 602. The molecule has 0 saturated heterocycles. The number of rotatable bonds is 2. The number of fused-ring (bicyclic) bond motifs is 2. The van der Waals surface area contributed by atoms with Crippen molar-refractivity contribution in [3.63, 3.8) is 0 Å². The number of hydrogen-bond donors (Lipinski definition) is 1. The van der Waals surface area contributed by atoms with Crippen molar-refractivity contribution in [1.29, 1.82) is 0 Å². The molecule has 0 saturated carbocycles. The molecule has 1 aromatic carbocycles. The standard InChI is InChI=1S/C12H10BrNO2/c13-10-9-3-6-15-11(9)7(1-4-14)8-2-5-16-12(8)10/h2-3,5-6H,1,4,14H2. The summed E-state index contributed by atoms with van der Waals surface area (Å²) >= 11 is 3.54. The lowest BCUT2D eigenvalue weighted by Crippen LogP contribution is -2.03. The van der Waals surface area contributed by atoms with Crippen LogP contribution in [0.3, 0.4) is 0 Å². The highest BCUT2D eigenvalue weighted by Gasteiger charge is 2.16. The van der Waals surface area contributed by atoms with Gasteiger partial charge in [0, 0.05) is 16.3 Å². The van der Waals surface area contributed by atoms with E-state index in [0.717, 1.165) is 38.4 Å². The highest BCUT2D eigenvalue weighted by atomic mass is 79.9. The van der Waals surface area contributed by atoms with Crippen molar-refractivity contribution in [3.05, 3.63) is 34.7 Å². The Kier molecular flexibility index (Phi) is 2.26. The Labute approximate surface area is 100 Å². The van der Waals surface area contributed by atoms with E-state index >= 15 is 0 Å². The zero-order chi connectivity index (χ0) is 11.1. The molecule has 2 N–H and O–H groups in total. The van der Waals surface area contributed by atoms with Crippen LogP contribution in [0.2, 0.25) is 0 Å². The smallest absolute Gasteiger partial charge is 0.149 e. The highest BCUT2D eigenvalue weighted by Crippen LogP contribution is 2.37. The molecular formula is C12H10BrNO2. The molecule has 3 nitrogen and oxygen atoms in total. The third-order valence-electron chi connectivity index (χ3n) is 2.76. The normalized spacial score (nSPS) is 11.6. The van der Waals surface area contributed by atoms with Crippen molar-refractivity contribution >= 4 is 37.9 Å². The summed E-state index contributed by atoms with van der Waals surface area (Å²) < 4.78 is 12.0. The van der Waals surface area contributed by atoms with Crippen molar-refractivity contribution in [3.8, 4) is 0 Å². The van der Waals surface area contributed by atoms with Gasteiger partial charge in [0.15, 0.2) is 0 Å². The van der Waals surface area contributed by atoms with Crippen LogP contribution in [0.5, 0.6) is 0 Å². The summed E-state index contributed by atoms with van der Waals surface area (Å²) in [6.45, 7) is 0.595. The van der Waals surface area contributed by atoms with Crippen LogP contribution in [0, 0.1) is 0 Å². The van der Waals surface area contributed by atoms with E-state index in [4.69, 9.17) is 14.6 Å². The number of halogens is 1. The Morgan fingerprint density at radius 3 is 2.50 bits per heavy atom. The number of hydrogen-bond acceptors (Lipinski definition) is 3. The first-order chi connectivity index (χ1) is 7.83. The fourth-order valence-electron chi connectivity index (χ4n) is 2.07. The first-order valence-corrected chi connectivity index (χ1v) is 5.87. The lowest BCUT2D eigenvalue weighted by molar-refractivity contribution is 0.607. The molecule has 0 aliphatic carbocycles. The Hall–Kier alpha value is -1.26. The van der Waals surface area contributed by atoms with E-state index in [1.54, 1.807) is 12.5 Å². The molecule has 0 unspecified atom stereocenters. The lowest BCUT2D eigenvalue weighted by atomic mass is 10.0. The van der Waals surface area contributed by atoms with Gasteiger partial charge in [-0.05, 0) is 41.0 Å². The van der Waals surface area contributed by atoms with Gasteiger partial charge in [0.1, 0.15) is 11.2 Å². The van der Waals surface area contributed by atoms with Crippen LogP contribution in [0.25, 0.3) is 21.9 Å². The van der Waals surface area contributed by atoms with Gasteiger partial charge in [-0.2, -0.15) is 0 Å². The fraction of sp³-hybridized carbons (Fsp3) is 0.167. The molecule has 0 aliphatic rings. The second-order valence-electron chi connectivity index (χ2n) is 3.66. The molecule has 0 fully saturated rings. The van der Waals surface area contributed by atoms with Gasteiger partial charge in [0.05, 0.1) is 17.0 Å². The molecule has 16 heavy (non-hydrogen) atoms. The molecule has 2 heterocycles. The van der Waals surface area contributed by atoms with E-state index in [0.29, 0.717) is 6.54 Å². The molecule has 0 aliphatic heterocycles. The SMILES string of the molecule is NCCc1c2ccoc2c(Br)c2ccoc12. The third kappa shape index (κ3) is 1.23. The van der Waals surface area contributed by atoms with Crippen molar-refractivity contribution in [2.75, 3.05) is 6.54 Å². The molecule has 2 aromatic heterocycles. The summed E-state index contributed by atoms with van der Waals surface area (Å²) in [7, 11) is 0. The van der Waals surface area contributed by atoms with Crippen LogP contribution in [0.4, 0.5) is 0 Å². The minimum absolute atomic E-state index is 0.595. The van der Waals surface area contributed by atoms with Gasteiger partial charge in [-0.15, -0.1) is 0 Å². The van der Waals surface area contributed by atoms with Gasteiger partial charge in [0.25, 0.3) is 0 Å². The van der Waals surface area contributed by atoms with Crippen LogP contribution < -0.4 is 5.73 Å². The second-order valence-corrected chi connectivity index (χ2v) is 4.45. The quantitative estimate of drug-likeness (QED) is 0.782. The van der Waals surface area contributed by atoms with E-state index in [1.165, 1.54) is 0 Å². The van der Waals surface area contributed by atoms with Gasteiger partial charge in [-0.3, -0.25) is 0 Å². The van der Waals surface area contributed by atoms with Crippen LogP contribution in [0.1, 0.15) is 5.56 Å². The molecule has 4 heteroatoms. The first-order valence-electron chi connectivity index (χ1n) is 5.07. The van der Waals surface area contributed by atoms with E-state index < -0.39 is 0 Å². The van der Waals surface area contributed by atoms with E-state index in [-0.39, 0.29) is 0 Å². The average Bonchev–Trinajstić information content (AvgIpc) is 2.92. The Morgan fingerprint density at radius 2 is 1.75 bits per heavy atom. The van der Waals surface area contributed by atoms with Crippen LogP contribution in [-0.2, 0) is 6.42 Å². The molecule has 0 radical (unpaired) electrons. The summed E-state index contributed by atoms with van der Waals surface area (Å²) in [5.41, 5.74) is 8.51. The third-order valence-corrected chi connectivity index (χ3v) is 3.55. The van der Waals surface area contributed by atoms with Gasteiger partial charge in [0.2, 0.25) is 0 Å². The molecule has 0 atom stereocenters. The van der Waals surface area contributed by atoms with Crippen molar-refractivity contribution < 1.29 is 8.83 Å². The zero-order valence-corrected chi connectivity index (χ0v) is 10.1. The number of furan rings is 2. The summed E-state index contributed by atoms with van der Waals surface area (Å²) in [6, 6.07) is 3.88. The van der Waals surface area contributed by atoms with Gasteiger partial charge >= 0.3 is 0 Å². The maximum absolute atomic E-state index is 5.63. The van der Waals surface area contributed by atoms with E-state index in [9.17, 15) is 0 Å². The molecule has 3 aromatic rings. The van der Waals surface area contributed by atoms with Crippen LogP contribution >= 0.6 is 15.9 Å². The summed E-state index contributed by atoms with van der Waals surface area (Å²) in [5, 5.41) is 2.10. The Morgan fingerprint density at radius 1 is 1.06 bits per heavy atom. The molecule has 0 amide bonds. The monoisotopic (exact) mass is 279 g/mol. The largest absolute Gasteiger partial charge is 0.464 e. The maximum atomic E-state index is 5.63. The summed E-state index contributed by atoms with van der Waals surface area (Å²) in [4.78, 5) is 0. The molecule has 0 bridgehead atoms. The Balaban J connectivity index is 2.51. The zero-order valence-electron chi connectivity index (χ0n) is 8.50. The van der Waals surface area contributed by atoms with Crippen molar-refractivity contribution in [2.24, 2.45) is 5.73 Å². The first kappa shape index (κ1) is 9.93. The molecule has 0 spiro atoms. The maximum Gasteiger partial charge on any atom is 0.149 e. The molecule has 82 valence electrons. The minimum Gasteiger partial charge on any atom is -0.464 e. The van der Waals surface area contributed by atoms with Gasteiger partial charge in [-0.25, -0.2) is 0 Å². The molecule has 3 rings (SSSR count). The van der Waals surface area contributed by atoms with Crippen molar-refractivity contribution in [1.82, 2.24) is 0 Å². The second kappa shape index (κ2) is 3.64. The van der Waals surface area contributed by atoms with Crippen molar-refractivity contribution in [2.45, 2.75) is 6.42 Å². The highest BCUT2D eigenvalue weighted by molar-refractivity contribution is 9.10. The topological polar surface area (TPSA) is 52.3 Å². The summed E-state index contributed by atoms with van der Waals surface area (Å²) in [5.74, 6) is 0. The van der Waals surface area contributed by atoms with Crippen LogP contribution in [-0.4, -0.2) is 6.54 Å². The summed E-state index contributed by atoms with van der Waals surface area (Å²) in [6.07, 6.45) is 4.16. The predicted octanol–water partition coefficient (Wildman–Crippen LogP) is 3.44. The van der Waals surface area contributed by atoms with E-state index in [2.05, 4.69) is 15.9 Å². The lowest BCUT2D eigenvalue weighted by Gasteiger charge is -2.04. The number of benzene rings is 1. The average molecular weight is 280 g/mol. The molecular weight excluding hydrogens is 270 g/mol. The van der Waals surface area contributed by atoms with Gasteiger partial charge in [-0.1, -0.05) is 0 Å². The van der Waals surface area contributed by atoms with E-state index in [1.807, 2.05) is 12.1 Å². The number of nitrogens with two attached hydrogens (primary N) is 1. The fourth-order valence-corrected chi connectivity index (χ4v) is 2.69. The minimum atomic E-state index is 0.595. The predicted molar refractivity (Wildman–Crippen MR) is 66.4 cm³/mol. The van der Waals surface area contributed by atoms with Crippen LogP contribution in [0.15, 0.2) is 38.0 Å². The van der Waals surface area contributed by atoms with Gasteiger partial charge < -0.3 is 14.6 Å².